The number of hydrogen-bond acceptors (Lipinski definition) is 5. The van der Waals surface area contributed by atoms with Crippen LogP contribution in [0.15, 0.2) is 60.8 Å². The molecule has 1 aromatic heterocycles. The van der Waals surface area contributed by atoms with E-state index in [1.807, 2.05) is 54.6 Å². The highest BCUT2D eigenvalue weighted by Gasteiger charge is 2.14. The van der Waals surface area contributed by atoms with E-state index in [0.29, 0.717) is 22.9 Å². The molecule has 0 radical (unpaired) electrons. The molecule has 2 heterocycles. The molecule has 1 aliphatic heterocycles. The first kappa shape index (κ1) is 14.1. The lowest BCUT2D eigenvalue weighted by Crippen LogP contribution is -1.97. The van der Waals surface area contributed by atoms with E-state index < -0.39 is 0 Å². The van der Waals surface area contributed by atoms with Gasteiger partial charge in [-0.25, -0.2) is 4.98 Å². The van der Waals surface area contributed by atoms with E-state index in [0.717, 1.165) is 16.8 Å². The Balaban J connectivity index is 1.65. The van der Waals surface area contributed by atoms with Gasteiger partial charge >= 0.3 is 0 Å². The van der Waals surface area contributed by atoms with Crippen molar-refractivity contribution in [2.24, 2.45) is 0 Å². The summed E-state index contributed by atoms with van der Waals surface area (Å²) in [6.45, 7) is 0.228. The van der Waals surface area contributed by atoms with Crippen LogP contribution in [0, 0.1) is 11.3 Å². The van der Waals surface area contributed by atoms with E-state index >= 15 is 0 Å². The Bertz CT molecular complexity index is 933. The molecular weight excluding hydrogens is 302 g/mol. The molecule has 3 aromatic rings. The van der Waals surface area contributed by atoms with Gasteiger partial charge in [-0.1, -0.05) is 30.3 Å². The van der Waals surface area contributed by atoms with Crippen LogP contribution in [0.2, 0.25) is 0 Å². The number of nitrogens with one attached hydrogen (secondary N) is 1. The zero-order chi connectivity index (χ0) is 16.4. The molecule has 0 saturated carbocycles. The molecule has 0 amide bonds. The van der Waals surface area contributed by atoms with Crippen molar-refractivity contribution in [1.82, 2.24) is 4.98 Å². The molecule has 0 unspecified atom stereocenters. The van der Waals surface area contributed by atoms with Crippen molar-refractivity contribution in [3.63, 3.8) is 0 Å². The molecular formula is C19H13N3O2. The van der Waals surface area contributed by atoms with Crippen LogP contribution >= 0.6 is 0 Å². The van der Waals surface area contributed by atoms with Gasteiger partial charge in [-0.3, -0.25) is 0 Å². The summed E-state index contributed by atoms with van der Waals surface area (Å²) in [5.41, 5.74) is 3.20. The first-order valence-electron chi connectivity index (χ1n) is 7.46. The van der Waals surface area contributed by atoms with Crippen molar-refractivity contribution < 1.29 is 9.47 Å². The van der Waals surface area contributed by atoms with Gasteiger partial charge in [-0.2, -0.15) is 5.26 Å². The Kier molecular flexibility index (Phi) is 3.49. The Morgan fingerprint density at radius 2 is 1.79 bits per heavy atom. The van der Waals surface area contributed by atoms with Gasteiger partial charge in [0, 0.05) is 23.5 Å². The van der Waals surface area contributed by atoms with Gasteiger partial charge in [0.05, 0.1) is 5.56 Å². The largest absolute Gasteiger partial charge is 0.454 e. The minimum absolute atomic E-state index is 0.228. The van der Waals surface area contributed by atoms with Crippen LogP contribution in [-0.4, -0.2) is 11.8 Å². The van der Waals surface area contributed by atoms with E-state index in [9.17, 15) is 5.26 Å². The minimum atomic E-state index is 0.228. The standard InChI is InChI=1S/C19H13N3O2/c20-10-14-8-15(13-4-2-1-3-5-13)11-21-19(14)22-16-6-7-17-18(9-16)24-12-23-17/h1-9,11H,12H2,(H,21,22). The molecule has 0 aliphatic carbocycles. The van der Waals surface area contributed by atoms with Crippen LogP contribution in [0.4, 0.5) is 11.5 Å². The zero-order valence-electron chi connectivity index (χ0n) is 12.7. The van der Waals surface area contributed by atoms with E-state index in [1.54, 1.807) is 6.20 Å². The van der Waals surface area contributed by atoms with E-state index in [2.05, 4.69) is 16.4 Å². The van der Waals surface area contributed by atoms with Crippen LogP contribution in [-0.2, 0) is 0 Å². The highest BCUT2D eigenvalue weighted by molar-refractivity contribution is 5.71. The second kappa shape index (κ2) is 5.94. The third-order valence-corrected chi connectivity index (χ3v) is 3.75. The van der Waals surface area contributed by atoms with Gasteiger partial charge in [-0.15, -0.1) is 0 Å². The molecule has 0 spiro atoms. The van der Waals surface area contributed by atoms with Gasteiger partial charge in [0.15, 0.2) is 11.5 Å². The van der Waals surface area contributed by atoms with Crippen LogP contribution in [0.25, 0.3) is 11.1 Å². The molecule has 116 valence electrons. The number of ether oxygens (including phenoxy) is 2. The summed E-state index contributed by atoms with van der Waals surface area (Å²) >= 11 is 0. The van der Waals surface area contributed by atoms with Crippen molar-refractivity contribution in [3.8, 4) is 28.7 Å². The molecule has 0 fully saturated rings. The maximum atomic E-state index is 9.45. The second-order valence-corrected chi connectivity index (χ2v) is 5.29. The first-order valence-corrected chi connectivity index (χ1v) is 7.46. The molecule has 4 rings (SSSR count). The van der Waals surface area contributed by atoms with Crippen molar-refractivity contribution in [2.45, 2.75) is 0 Å². The fraction of sp³-hybridized carbons (Fsp3) is 0.0526. The number of anilines is 2. The predicted octanol–water partition coefficient (Wildman–Crippen LogP) is 4.09. The average Bonchev–Trinajstić information content (AvgIpc) is 3.10. The van der Waals surface area contributed by atoms with Crippen LogP contribution in [0.5, 0.6) is 11.5 Å². The van der Waals surface area contributed by atoms with Gasteiger partial charge in [0.25, 0.3) is 0 Å². The molecule has 0 saturated heterocycles. The van der Waals surface area contributed by atoms with Crippen molar-refractivity contribution in [2.75, 3.05) is 12.1 Å². The van der Waals surface area contributed by atoms with Crippen LogP contribution < -0.4 is 14.8 Å². The lowest BCUT2D eigenvalue weighted by molar-refractivity contribution is 0.174. The number of benzene rings is 2. The number of nitrogens with zero attached hydrogens (tertiary/aromatic N) is 2. The molecule has 1 N–H and O–H groups in total. The van der Waals surface area contributed by atoms with Gasteiger partial charge in [-0.05, 0) is 23.8 Å². The molecule has 0 bridgehead atoms. The van der Waals surface area contributed by atoms with Crippen LogP contribution in [0.1, 0.15) is 5.56 Å². The topological polar surface area (TPSA) is 67.2 Å². The summed E-state index contributed by atoms with van der Waals surface area (Å²) in [7, 11) is 0. The molecule has 1 aliphatic rings. The molecule has 5 nitrogen and oxygen atoms in total. The predicted molar refractivity (Wildman–Crippen MR) is 90.2 cm³/mol. The number of rotatable bonds is 3. The summed E-state index contributed by atoms with van der Waals surface area (Å²) in [5.74, 6) is 1.91. The Morgan fingerprint density at radius 3 is 2.62 bits per heavy atom. The smallest absolute Gasteiger partial charge is 0.231 e. The molecule has 24 heavy (non-hydrogen) atoms. The number of aromatic nitrogens is 1. The van der Waals surface area contributed by atoms with Gasteiger partial charge in [0.1, 0.15) is 11.9 Å². The van der Waals surface area contributed by atoms with E-state index in [4.69, 9.17) is 9.47 Å². The maximum Gasteiger partial charge on any atom is 0.231 e. The van der Waals surface area contributed by atoms with Crippen molar-refractivity contribution >= 4 is 11.5 Å². The highest BCUT2D eigenvalue weighted by atomic mass is 16.7. The van der Waals surface area contributed by atoms with E-state index in [-0.39, 0.29) is 6.79 Å². The average molecular weight is 315 g/mol. The monoisotopic (exact) mass is 315 g/mol. The van der Waals surface area contributed by atoms with E-state index in [1.165, 1.54) is 0 Å². The quantitative estimate of drug-likeness (QED) is 0.788. The van der Waals surface area contributed by atoms with Crippen molar-refractivity contribution in [3.05, 3.63) is 66.4 Å². The maximum absolute atomic E-state index is 9.45. The Hall–Kier alpha value is -3.52. The van der Waals surface area contributed by atoms with Crippen molar-refractivity contribution in [1.29, 1.82) is 5.26 Å². The summed E-state index contributed by atoms with van der Waals surface area (Å²) in [5, 5.41) is 12.6. The fourth-order valence-electron chi connectivity index (χ4n) is 2.55. The third kappa shape index (κ3) is 2.61. The number of nitriles is 1. The summed E-state index contributed by atoms with van der Waals surface area (Å²) < 4.78 is 10.7. The number of hydrogen-bond donors (Lipinski definition) is 1. The SMILES string of the molecule is N#Cc1cc(-c2ccccc2)cnc1Nc1ccc2c(c1)OCO2. The molecule has 2 aromatic carbocycles. The fourth-order valence-corrected chi connectivity index (χ4v) is 2.55. The molecule has 5 heteroatoms. The number of pyridine rings is 1. The number of fused-ring (bicyclic) bond motifs is 1. The highest BCUT2D eigenvalue weighted by Crippen LogP contribution is 2.35. The summed E-state index contributed by atoms with van der Waals surface area (Å²) in [6, 6.07) is 19.4. The summed E-state index contributed by atoms with van der Waals surface area (Å²) in [4.78, 5) is 4.41. The Morgan fingerprint density at radius 1 is 0.958 bits per heavy atom. The molecule has 0 atom stereocenters. The lowest BCUT2D eigenvalue weighted by Gasteiger charge is -2.09. The Labute approximate surface area is 139 Å². The van der Waals surface area contributed by atoms with Gasteiger partial charge < -0.3 is 14.8 Å². The zero-order valence-corrected chi connectivity index (χ0v) is 12.7. The van der Waals surface area contributed by atoms with Gasteiger partial charge in [0.2, 0.25) is 6.79 Å². The lowest BCUT2D eigenvalue weighted by atomic mass is 10.1. The summed E-state index contributed by atoms with van der Waals surface area (Å²) in [6.07, 6.45) is 1.76. The third-order valence-electron chi connectivity index (χ3n) is 3.75. The minimum Gasteiger partial charge on any atom is -0.454 e. The second-order valence-electron chi connectivity index (χ2n) is 5.29. The normalized spacial score (nSPS) is 11.8. The first-order chi connectivity index (χ1) is 11.8. The van der Waals surface area contributed by atoms with Crippen LogP contribution in [0.3, 0.4) is 0 Å².